The molecule has 224 valence electrons. The lowest BCUT2D eigenvalue weighted by Gasteiger charge is -2.39. The third kappa shape index (κ3) is 6.02. The average Bonchev–Trinajstić information content (AvgIpc) is 3.59. The normalized spacial score (nSPS) is 25.2. The van der Waals surface area contributed by atoms with E-state index in [2.05, 4.69) is 22.1 Å². The second-order valence-electron chi connectivity index (χ2n) is 12.1. The molecule has 4 N–H and O–H groups in total. The molecule has 2 fully saturated rings. The molecule has 2 aromatic carbocycles. The zero-order valence-corrected chi connectivity index (χ0v) is 23.7. The van der Waals surface area contributed by atoms with Gasteiger partial charge in [-0.05, 0) is 62.6 Å². The van der Waals surface area contributed by atoms with Crippen LogP contribution in [0.1, 0.15) is 61.5 Å². The second-order valence-corrected chi connectivity index (χ2v) is 12.1. The van der Waals surface area contributed by atoms with E-state index in [0.29, 0.717) is 54.5 Å². The molecule has 4 aromatic rings. The molecule has 2 aliphatic rings. The number of furan rings is 1. The van der Waals surface area contributed by atoms with Gasteiger partial charge in [0.25, 0.3) is 5.91 Å². The van der Waals surface area contributed by atoms with Crippen molar-refractivity contribution in [2.45, 2.75) is 69.8 Å². The molecule has 1 amide bonds. The number of aliphatic hydroxyl groups is 2. The lowest BCUT2D eigenvalue weighted by atomic mass is 9.80. The molecule has 0 bridgehead atoms. The van der Waals surface area contributed by atoms with Crippen molar-refractivity contribution >= 4 is 27.8 Å². The number of carbonyl (C=O) groups is 1. The highest BCUT2D eigenvalue weighted by Gasteiger charge is 2.35. The molecular weight excluding hydrogens is 544 g/mol. The summed E-state index contributed by atoms with van der Waals surface area (Å²) in [5.74, 6) is -0.883. The molecule has 2 atom stereocenters. The second kappa shape index (κ2) is 11.7. The average molecular weight is 582 g/mol. The van der Waals surface area contributed by atoms with Crippen LogP contribution in [0.5, 0.6) is 5.75 Å². The maximum Gasteiger partial charge on any atom is 0.267 e. The monoisotopic (exact) mass is 581 g/mol. The summed E-state index contributed by atoms with van der Waals surface area (Å²) < 4.78 is 39.2. The van der Waals surface area contributed by atoms with Crippen LogP contribution in [0.25, 0.3) is 21.9 Å². The number of benzene rings is 2. The summed E-state index contributed by atoms with van der Waals surface area (Å²) >= 11 is 0. The van der Waals surface area contributed by atoms with Gasteiger partial charge in [0.15, 0.2) is 0 Å². The van der Waals surface area contributed by atoms with Gasteiger partial charge in [0.1, 0.15) is 35.3 Å². The van der Waals surface area contributed by atoms with Gasteiger partial charge in [0, 0.05) is 54.3 Å². The van der Waals surface area contributed by atoms with Crippen LogP contribution in [0, 0.1) is 17.6 Å². The lowest BCUT2D eigenvalue weighted by molar-refractivity contribution is -0.0272. The number of piperidine rings is 1. The molecule has 42 heavy (non-hydrogen) atoms. The Morgan fingerprint density at radius 3 is 2.81 bits per heavy atom. The minimum absolute atomic E-state index is 0.00506. The summed E-state index contributed by atoms with van der Waals surface area (Å²) in [4.78, 5) is 18.6. The van der Waals surface area contributed by atoms with E-state index >= 15 is 0 Å². The van der Waals surface area contributed by atoms with E-state index in [-0.39, 0.29) is 41.5 Å². The highest BCUT2D eigenvalue weighted by molar-refractivity contribution is 5.99. The minimum atomic E-state index is -0.731. The summed E-state index contributed by atoms with van der Waals surface area (Å²) in [6.45, 7) is 4.60. The summed E-state index contributed by atoms with van der Waals surface area (Å²) in [5, 5.41) is 25.1. The fourth-order valence-corrected chi connectivity index (χ4v) is 6.39. The molecule has 1 saturated carbocycles. The lowest BCUT2D eigenvalue weighted by Crippen LogP contribution is -2.47. The number of rotatable bonds is 8. The van der Waals surface area contributed by atoms with Crippen LogP contribution in [0.2, 0.25) is 0 Å². The Bertz CT molecular complexity index is 1580. The number of aromatic amines is 1. The highest BCUT2D eigenvalue weighted by atomic mass is 19.1. The topological polar surface area (TPSA) is 111 Å². The quantitative estimate of drug-likeness (QED) is 0.226. The number of fused-ring (bicyclic) bond motifs is 2. The van der Waals surface area contributed by atoms with E-state index in [0.717, 1.165) is 43.7 Å². The Kier molecular flexibility index (Phi) is 7.95. The maximum absolute atomic E-state index is 14.4. The molecule has 1 aliphatic carbocycles. The Morgan fingerprint density at radius 2 is 2.02 bits per heavy atom. The number of ether oxygens (including phenoxy) is 1. The van der Waals surface area contributed by atoms with Crippen LogP contribution in [0.15, 0.2) is 47.1 Å². The third-order valence-corrected chi connectivity index (χ3v) is 9.01. The molecule has 3 heterocycles. The van der Waals surface area contributed by atoms with Gasteiger partial charge in [-0.2, -0.15) is 0 Å². The van der Waals surface area contributed by atoms with Gasteiger partial charge >= 0.3 is 0 Å². The fraction of sp³-hybridized carbons (Fsp3) is 0.469. The molecule has 8 nitrogen and oxygen atoms in total. The first kappa shape index (κ1) is 28.6. The number of H-pyrrole nitrogens is 1. The minimum Gasteiger partial charge on any atom is -0.488 e. The number of halogens is 2. The smallest absolute Gasteiger partial charge is 0.267 e. The number of aromatic nitrogens is 1. The zero-order chi connectivity index (χ0) is 29.4. The van der Waals surface area contributed by atoms with E-state index in [1.54, 1.807) is 18.2 Å². The van der Waals surface area contributed by atoms with Gasteiger partial charge in [0.2, 0.25) is 0 Å². The number of carbonyl (C=O) groups excluding carboxylic acids is 1. The Labute approximate surface area is 242 Å². The largest absolute Gasteiger partial charge is 0.488 e. The highest BCUT2D eigenvalue weighted by Crippen LogP contribution is 2.33. The van der Waals surface area contributed by atoms with Crippen LogP contribution in [-0.2, 0) is 6.61 Å². The SMILES string of the molecule is C[C@H]1CN(CC[C@]2(O)CC[C@@H](NC(=O)c3cc4c(OCc5coc6cc(F)cc(F)c56)cccc4[nH]3)CC2)CC[C@@H]1O. The van der Waals surface area contributed by atoms with Crippen molar-refractivity contribution < 1.29 is 32.9 Å². The Morgan fingerprint density at radius 1 is 1.21 bits per heavy atom. The van der Waals surface area contributed by atoms with Crippen molar-refractivity contribution in [3.8, 4) is 5.75 Å². The Hall–Kier alpha value is -3.47. The maximum atomic E-state index is 14.4. The molecule has 10 heteroatoms. The summed E-state index contributed by atoms with van der Waals surface area (Å²) in [6, 6.07) is 9.07. The van der Waals surface area contributed by atoms with E-state index in [1.165, 1.54) is 6.26 Å². The van der Waals surface area contributed by atoms with Gasteiger partial charge in [0.05, 0.1) is 23.4 Å². The van der Waals surface area contributed by atoms with Gasteiger partial charge in [-0.1, -0.05) is 13.0 Å². The molecule has 0 radical (unpaired) electrons. The molecule has 1 saturated heterocycles. The molecular formula is C32H37F2N3O5. The molecule has 0 spiro atoms. The van der Waals surface area contributed by atoms with Crippen molar-refractivity contribution in [2.24, 2.45) is 5.92 Å². The first-order chi connectivity index (χ1) is 20.2. The number of aliphatic hydroxyl groups excluding tert-OH is 1. The zero-order valence-electron chi connectivity index (χ0n) is 23.7. The van der Waals surface area contributed by atoms with Crippen LogP contribution in [0.3, 0.4) is 0 Å². The molecule has 6 rings (SSSR count). The van der Waals surface area contributed by atoms with E-state index < -0.39 is 17.2 Å². The van der Waals surface area contributed by atoms with Gasteiger partial charge in [-0.15, -0.1) is 0 Å². The third-order valence-electron chi connectivity index (χ3n) is 9.01. The standard InChI is InChI=1S/C32H37F2N3O5/c1-19-16-37(11-7-27(19)38)12-10-32(40)8-5-22(6-9-32)35-31(39)26-15-23-25(36-26)3-2-4-28(23)41-17-20-18-42-29-14-21(33)13-24(34)30(20)29/h2-4,13-15,18-19,22,27,36,38,40H,5-12,16-17H2,1H3,(H,35,39)/t19-,22-,27-,32+/m0/s1. The van der Waals surface area contributed by atoms with Crippen LogP contribution >= 0.6 is 0 Å². The molecule has 1 aliphatic heterocycles. The number of amides is 1. The Balaban J connectivity index is 1.04. The summed E-state index contributed by atoms with van der Waals surface area (Å²) in [7, 11) is 0. The number of likely N-dealkylation sites (tertiary alicyclic amines) is 1. The number of nitrogens with zero attached hydrogens (tertiary/aromatic N) is 1. The van der Waals surface area contributed by atoms with Gasteiger partial charge < -0.3 is 34.6 Å². The van der Waals surface area contributed by atoms with E-state index in [1.807, 2.05) is 6.07 Å². The first-order valence-corrected chi connectivity index (χ1v) is 14.7. The molecule has 0 unspecified atom stereocenters. The van der Waals surface area contributed by atoms with E-state index in [4.69, 9.17) is 9.15 Å². The van der Waals surface area contributed by atoms with Gasteiger partial charge in [-0.25, -0.2) is 8.78 Å². The predicted octanol–water partition coefficient (Wildman–Crippen LogP) is 5.27. The number of hydrogen-bond acceptors (Lipinski definition) is 6. The summed E-state index contributed by atoms with van der Waals surface area (Å²) in [6.07, 6.45) is 5.25. The van der Waals surface area contributed by atoms with Crippen molar-refractivity contribution in [3.63, 3.8) is 0 Å². The van der Waals surface area contributed by atoms with Crippen molar-refractivity contribution in [1.29, 1.82) is 0 Å². The summed E-state index contributed by atoms with van der Waals surface area (Å²) in [5.41, 5.74) is 0.961. The van der Waals surface area contributed by atoms with Crippen LogP contribution < -0.4 is 10.1 Å². The van der Waals surface area contributed by atoms with Crippen molar-refractivity contribution in [3.05, 3.63) is 65.6 Å². The van der Waals surface area contributed by atoms with Gasteiger partial charge in [-0.3, -0.25) is 4.79 Å². The van der Waals surface area contributed by atoms with Crippen molar-refractivity contribution in [1.82, 2.24) is 15.2 Å². The fourth-order valence-electron chi connectivity index (χ4n) is 6.39. The molecule has 2 aromatic heterocycles. The number of nitrogens with one attached hydrogen (secondary N) is 2. The number of hydrogen-bond donors (Lipinski definition) is 4. The van der Waals surface area contributed by atoms with Crippen LogP contribution in [-0.4, -0.2) is 63.4 Å². The van der Waals surface area contributed by atoms with Crippen LogP contribution in [0.4, 0.5) is 8.78 Å². The predicted molar refractivity (Wildman–Crippen MR) is 154 cm³/mol. The first-order valence-electron chi connectivity index (χ1n) is 14.7. The van der Waals surface area contributed by atoms with E-state index in [9.17, 15) is 23.8 Å². The van der Waals surface area contributed by atoms with Crippen molar-refractivity contribution in [2.75, 3.05) is 19.6 Å².